The van der Waals surface area contributed by atoms with Gasteiger partial charge in [-0.25, -0.2) is 8.78 Å². The molecule has 224 valence electrons. The van der Waals surface area contributed by atoms with Crippen LogP contribution in [0.5, 0.6) is 6.01 Å². The lowest BCUT2D eigenvalue weighted by Crippen LogP contribution is -2.55. The number of anilines is 1. The van der Waals surface area contributed by atoms with E-state index in [1.165, 1.54) is 10.5 Å². The van der Waals surface area contributed by atoms with Crippen molar-refractivity contribution in [1.82, 2.24) is 24.8 Å². The molecular weight excluding hydrogens is 572 g/mol. The second kappa shape index (κ2) is 12.4. The summed E-state index contributed by atoms with van der Waals surface area (Å²) in [5.74, 6) is -1.10. The molecule has 0 radical (unpaired) electrons. The lowest BCUT2D eigenvalue weighted by molar-refractivity contribution is -0.131. The molecule has 9 nitrogen and oxygen atoms in total. The number of carbonyl (C=O) groups excluding carboxylic acids is 1. The topological polar surface area (TPSA) is 98.5 Å². The smallest absolute Gasteiger partial charge is 0.319 e. The Bertz CT molecular complexity index is 1610. The van der Waals surface area contributed by atoms with Crippen molar-refractivity contribution >= 4 is 34.4 Å². The third-order valence-electron chi connectivity index (χ3n) is 8.51. The fraction of sp³-hybridized carbons (Fsp3) is 0.452. The number of hydrogen-bond donors (Lipinski definition) is 0. The molecule has 12 heteroatoms. The number of rotatable bonds is 7. The standard InChI is InChI=1S/C31H33F2N7O2S/c1-19(32)30(41)40-14-13-39(17-21(40)10-11-34)29-24-16-35-26(23-9-3-6-20-7-5-15-43-28(20)23)25(33)27(24)36-31(37-29)42-18-22-8-4-12-38(22)2/h3,6,9,16,21-22H,1,4-5,7-8,10,12-15,17-18H2,2H3/t21-,22-/m0/s1. The zero-order chi connectivity index (χ0) is 30.1. The summed E-state index contributed by atoms with van der Waals surface area (Å²) in [6.07, 6.45) is 5.66. The Balaban J connectivity index is 1.42. The monoisotopic (exact) mass is 605 g/mol. The van der Waals surface area contributed by atoms with Crippen LogP contribution in [-0.4, -0.2) is 88.3 Å². The highest BCUT2D eigenvalue weighted by Crippen LogP contribution is 2.40. The predicted octanol–water partition coefficient (Wildman–Crippen LogP) is 4.76. The quantitative estimate of drug-likeness (QED) is 0.353. The van der Waals surface area contributed by atoms with Gasteiger partial charge in [0.1, 0.15) is 23.6 Å². The number of benzene rings is 1. The minimum Gasteiger partial charge on any atom is -0.462 e. The normalized spacial score (nSPS) is 20.6. The van der Waals surface area contributed by atoms with Gasteiger partial charge in [-0.15, -0.1) is 11.8 Å². The summed E-state index contributed by atoms with van der Waals surface area (Å²) in [5, 5.41) is 9.85. The molecule has 1 amide bonds. The first-order valence-corrected chi connectivity index (χ1v) is 15.6. The van der Waals surface area contributed by atoms with Crippen LogP contribution in [0.3, 0.4) is 0 Å². The zero-order valence-corrected chi connectivity index (χ0v) is 24.9. The molecule has 2 saturated heterocycles. The molecule has 6 rings (SSSR count). The number of halogens is 2. The molecule has 2 aromatic heterocycles. The first-order chi connectivity index (χ1) is 20.9. The van der Waals surface area contributed by atoms with Crippen molar-refractivity contribution in [2.24, 2.45) is 0 Å². The van der Waals surface area contributed by atoms with Crippen molar-refractivity contribution < 1.29 is 18.3 Å². The van der Waals surface area contributed by atoms with Gasteiger partial charge in [-0.3, -0.25) is 9.78 Å². The summed E-state index contributed by atoms with van der Waals surface area (Å²) >= 11 is 1.72. The number of nitrogens with zero attached hydrogens (tertiary/aromatic N) is 7. The van der Waals surface area contributed by atoms with E-state index in [0.29, 0.717) is 17.8 Å². The number of nitriles is 1. The molecule has 0 aliphatic carbocycles. The summed E-state index contributed by atoms with van der Waals surface area (Å²) in [6.45, 7) is 5.10. The van der Waals surface area contributed by atoms with Crippen LogP contribution in [0.15, 0.2) is 41.7 Å². The highest BCUT2D eigenvalue weighted by Gasteiger charge is 2.34. The molecule has 0 bridgehead atoms. The van der Waals surface area contributed by atoms with Crippen LogP contribution in [0.4, 0.5) is 14.6 Å². The largest absolute Gasteiger partial charge is 0.462 e. The average Bonchev–Trinajstić information content (AvgIpc) is 3.44. The van der Waals surface area contributed by atoms with Crippen LogP contribution in [0.1, 0.15) is 31.2 Å². The summed E-state index contributed by atoms with van der Waals surface area (Å²) < 4.78 is 36.4. The molecule has 43 heavy (non-hydrogen) atoms. The number of aromatic nitrogens is 3. The van der Waals surface area contributed by atoms with Crippen LogP contribution in [0.2, 0.25) is 0 Å². The summed E-state index contributed by atoms with van der Waals surface area (Å²) in [6, 6.07) is 7.65. The van der Waals surface area contributed by atoms with E-state index < -0.39 is 23.6 Å². The Hall–Kier alpha value is -3.82. The molecule has 2 atom stereocenters. The molecule has 1 aromatic carbocycles. The fourth-order valence-electron chi connectivity index (χ4n) is 6.20. The van der Waals surface area contributed by atoms with Crippen LogP contribution < -0.4 is 9.64 Å². The minimum absolute atomic E-state index is 0.0105. The zero-order valence-electron chi connectivity index (χ0n) is 24.1. The Kier molecular flexibility index (Phi) is 8.45. The third kappa shape index (κ3) is 5.76. The highest BCUT2D eigenvalue weighted by molar-refractivity contribution is 7.99. The van der Waals surface area contributed by atoms with Gasteiger partial charge in [-0.2, -0.15) is 15.2 Å². The van der Waals surface area contributed by atoms with Crippen LogP contribution in [0, 0.1) is 17.1 Å². The van der Waals surface area contributed by atoms with Gasteiger partial charge in [0.15, 0.2) is 11.6 Å². The molecule has 0 spiro atoms. The number of aryl methyl sites for hydroxylation is 1. The number of ether oxygens (including phenoxy) is 1. The van der Waals surface area contributed by atoms with Gasteiger partial charge in [-0.05, 0) is 50.6 Å². The molecule has 3 aliphatic heterocycles. The Labute approximate surface area is 253 Å². The van der Waals surface area contributed by atoms with Crippen molar-refractivity contribution in [2.45, 2.75) is 49.1 Å². The number of likely N-dealkylation sites (tertiary alicyclic amines) is 1. The molecular formula is C31H33F2N7O2S. The SMILES string of the molecule is C=C(F)C(=O)N1CCN(c2nc(OC[C@@H]3CCCN3C)nc3c(F)c(-c4cccc5c4SCCC5)ncc23)C[C@@H]1CC#N. The second-order valence-electron chi connectivity index (χ2n) is 11.2. The van der Waals surface area contributed by atoms with Gasteiger partial charge >= 0.3 is 6.01 Å². The summed E-state index contributed by atoms with van der Waals surface area (Å²) in [5.41, 5.74) is 2.25. The van der Waals surface area contributed by atoms with Crippen molar-refractivity contribution in [1.29, 1.82) is 5.26 Å². The van der Waals surface area contributed by atoms with E-state index in [1.807, 2.05) is 24.1 Å². The van der Waals surface area contributed by atoms with Gasteiger partial charge in [0, 0.05) is 42.3 Å². The van der Waals surface area contributed by atoms with Crippen molar-refractivity contribution in [2.75, 3.05) is 50.5 Å². The number of hydrogen-bond acceptors (Lipinski definition) is 9. The van der Waals surface area contributed by atoms with E-state index in [-0.39, 0.29) is 49.3 Å². The van der Waals surface area contributed by atoms with Crippen LogP contribution in [-0.2, 0) is 11.2 Å². The number of piperazine rings is 1. The van der Waals surface area contributed by atoms with Gasteiger partial charge < -0.3 is 19.4 Å². The molecule has 0 N–H and O–H groups in total. The van der Waals surface area contributed by atoms with E-state index >= 15 is 4.39 Å². The summed E-state index contributed by atoms with van der Waals surface area (Å²) in [4.78, 5) is 32.8. The van der Waals surface area contributed by atoms with E-state index in [2.05, 4.69) is 33.6 Å². The van der Waals surface area contributed by atoms with Gasteiger partial charge in [0.25, 0.3) is 5.91 Å². The third-order valence-corrected chi connectivity index (χ3v) is 9.77. The van der Waals surface area contributed by atoms with E-state index in [4.69, 9.17) is 9.72 Å². The second-order valence-corrected chi connectivity index (χ2v) is 12.3. The van der Waals surface area contributed by atoms with Crippen molar-refractivity contribution in [3.8, 4) is 23.3 Å². The molecule has 3 aromatic rings. The number of likely N-dealkylation sites (N-methyl/N-ethyl adjacent to an activating group) is 1. The van der Waals surface area contributed by atoms with E-state index in [9.17, 15) is 14.4 Å². The first kappa shape index (κ1) is 29.3. The van der Waals surface area contributed by atoms with Crippen molar-refractivity contribution in [3.05, 3.63) is 48.2 Å². The maximum atomic E-state index is 16.5. The molecule has 0 saturated carbocycles. The summed E-state index contributed by atoms with van der Waals surface area (Å²) in [7, 11) is 2.05. The Morgan fingerprint density at radius 1 is 1.23 bits per heavy atom. The maximum Gasteiger partial charge on any atom is 0.319 e. The molecule has 2 fully saturated rings. The van der Waals surface area contributed by atoms with Crippen LogP contribution in [0.25, 0.3) is 22.2 Å². The van der Waals surface area contributed by atoms with E-state index in [1.54, 1.807) is 18.0 Å². The lowest BCUT2D eigenvalue weighted by Gasteiger charge is -2.41. The average molecular weight is 606 g/mol. The van der Waals surface area contributed by atoms with E-state index in [0.717, 1.165) is 48.4 Å². The Morgan fingerprint density at radius 2 is 2.09 bits per heavy atom. The number of amides is 1. The minimum atomic E-state index is -1.07. The van der Waals surface area contributed by atoms with Crippen LogP contribution >= 0.6 is 11.8 Å². The van der Waals surface area contributed by atoms with Gasteiger partial charge in [-0.1, -0.05) is 24.8 Å². The Morgan fingerprint density at radius 3 is 2.86 bits per heavy atom. The number of fused-ring (bicyclic) bond motifs is 2. The highest BCUT2D eigenvalue weighted by atomic mass is 32.2. The predicted molar refractivity (Wildman–Crippen MR) is 161 cm³/mol. The number of pyridine rings is 1. The molecule has 5 heterocycles. The molecule has 3 aliphatic rings. The van der Waals surface area contributed by atoms with Gasteiger partial charge in [0.2, 0.25) is 0 Å². The van der Waals surface area contributed by atoms with Crippen molar-refractivity contribution in [3.63, 3.8) is 0 Å². The molecule has 0 unspecified atom stereocenters. The number of thioether (sulfide) groups is 1. The fourth-order valence-corrected chi connectivity index (χ4v) is 7.37. The number of carbonyl (C=O) groups is 1. The maximum absolute atomic E-state index is 16.5. The first-order valence-electron chi connectivity index (χ1n) is 14.6. The lowest BCUT2D eigenvalue weighted by atomic mass is 10.0. The van der Waals surface area contributed by atoms with Gasteiger partial charge in [0.05, 0.1) is 23.9 Å².